The first kappa shape index (κ1) is 11.5. The van der Waals surface area contributed by atoms with Crippen molar-refractivity contribution in [3.63, 3.8) is 0 Å². The Kier molecular flexibility index (Phi) is 3.65. The van der Waals surface area contributed by atoms with Gasteiger partial charge in [0.15, 0.2) is 0 Å². The van der Waals surface area contributed by atoms with E-state index >= 15 is 0 Å². The Balaban J connectivity index is 2.17. The molecule has 0 aliphatic heterocycles. The van der Waals surface area contributed by atoms with E-state index in [0.717, 1.165) is 35.7 Å². The van der Waals surface area contributed by atoms with Crippen LogP contribution in [0, 0.1) is 6.92 Å². The molecule has 0 aliphatic rings. The average Bonchev–Trinajstić information content (AvgIpc) is 2.37. The number of pyridine rings is 1. The molecule has 0 amide bonds. The van der Waals surface area contributed by atoms with Gasteiger partial charge in [0.25, 0.3) is 0 Å². The Hall–Kier alpha value is -1.97. The zero-order valence-electron chi connectivity index (χ0n) is 10.1. The average molecular weight is 228 g/mol. The lowest BCUT2D eigenvalue weighted by Gasteiger charge is -2.04. The van der Waals surface area contributed by atoms with Crippen molar-refractivity contribution in [1.82, 2.24) is 15.2 Å². The Morgan fingerprint density at radius 3 is 2.71 bits per heavy atom. The Morgan fingerprint density at radius 1 is 1.18 bits per heavy atom. The highest BCUT2D eigenvalue weighted by Gasteiger charge is 2.01. The largest absolute Gasteiger partial charge is 0.369 e. The second-order valence-corrected chi connectivity index (χ2v) is 3.92. The molecule has 88 valence electrons. The molecular formula is C13H16N4. The molecule has 2 rings (SSSR count). The molecule has 0 atom stereocenters. The summed E-state index contributed by atoms with van der Waals surface area (Å²) in [5.74, 6) is 0.821. The van der Waals surface area contributed by atoms with Gasteiger partial charge in [-0.1, -0.05) is 6.92 Å². The molecule has 17 heavy (non-hydrogen) atoms. The van der Waals surface area contributed by atoms with Crippen molar-refractivity contribution in [3.8, 4) is 11.3 Å². The minimum atomic E-state index is 0.821. The zero-order chi connectivity index (χ0) is 12.1. The molecule has 2 heterocycles. The highest BCUT2D eigenvalue weighted by atomic mass is 15.2. The van der Waals surface area contributed by atoms with Crippen LogP contribution in [0.2, 0.25) is 0 Å². The normalized spacial score (nSPS) is 10.2. The number of anilines is 1. The Morgan fingerprint density at radius 2 is 2.06 bits per heavy atom. The molecule has 0 spiro atoms. The number of nitrogens with one attached hydrogen (secondary N) is 1. The van der Waals surface area contributed by atoms with Crippen LogP contribution in [0.4, 0.5) is 5.82 Å². The number of aryl methyl sites for hydroxylation is 1. The first-order valence-electron chi connectivity index (χ1n) is 5.80. The molecule has 0 aliphatic carbocycles. The molecule has 0 fully saturated rings. The van der Waals surface area contributed by atoms with Crippen LogP contribution in [-0.4, -0.2) is 21.7 Å². The summed E-state index contributed by atoms with van der Waals surface area (Å²) < 4.78 is 0. The highest BCUT2D eigenvalue weighted by Crippen LogP contribution is 2.16. The minimum Gasteiger partial charge on any atom is -0.369 e. The molecule has 0 aromatic carbocycles. The fourth-order valence-corrected chi connectivity index (χ4v) is 1.54. The van der Waals surface area contributed by atoms with Crippen LogP contribution in [0.1, 0.15) is 19.0 Å². The van der Waals surface area contributed by atoms with Crippen molar-refractivity contribution in [3.05, 3.63) is 36.2 Å². The summed E-state index contributed by atoms with van der Waals surface area (Å²) in [4.78, 5) is 4.16. The summed E-state index contributed by atoms with van der Waals surface area (Å²) in [6.45, 7) is 5.00. The van der Waals surface area contributed by atoms with Gasteiger partial charge in [0, 0.05) is 24.0 Å². The molecule has 1 N–H and O–H groups in total. The predicted molar refractivity (Wildman–Crippen MR) is 68.8 cm³/mol. The minimum absolute atomic E-state index is 0.821. The maximum absolute atomic E-state index is 4.20. The van der Waals surface area contributed by atoms with Gasteiger partial charge in [0.1, 0.15) is 5.82 Å². The fraction of sp³-hybridized carbons (Fsp3) is 0.308. The van der Waals surface area contributed by atoms with Crippen molar-refractivity contribution < 1.29 is 0 Å². The fourth-order valence-electron chi connectivity index (χ4n) is 1.54. The van der Waals surface area contributed by atoms with E-state index < -0.39 is 0 Å². The summed E-state index contributed by atoms with van der Waals surface area (Å²) in [6.07, 6.45) is 2.86. The van der Waals surface area contributed by atoms with Gasteiger partial charge in [-0.3, -0.25) is 4.98 Å². The number of rotatable bonds is 4. The van der Waals surface area contributed by atoms with E-state index in [-0.39, 0.29) is 0 Å². The Bertz CT molecular complexity index is 479. The van der Waals surface area contributed by atoms with E-state index in [1.165, 1.54) is 0 Å². The maximum atomic E-state index is 4.20. The number of hydrogen-bond acceptors (Lipinski definition) is 4. The molecule has 2 aromatic rings. The molecule has 0 bridgehead atoms. The van der Waals surface area contributed by atoms with Crippen molar-refractivity contribution in [2.24, 2.45) is 0 Å². The van der Waals surface area contributed by atoms with Crippen molar-refractivity contribution in [2.45, 2.75) is 20.3 Å². The van der Waals surface area contributed by atoms with Gasteiger partial charge in [0.2, 0.25) is 0 Å². The van der Waals surface area contributed by atoms with E-state index in [1.807, 2.05) is 31.2 Å². The molecule has 0 unspecified atom stereocenters. The first-order valence-corrected chi connectivity index (χ1v) is 5.80. The molecule has 0 radical (unpaired) electrons. The summed E-state index contributed by atoms with van der Waals surface area (Å²) >= 11 is 0. The maximum Gasteiger partial charge on any atom is 0.148 e. The van der Waals surface area contributed by atoms with Crippen LogP contribution in [0.25, 0.3) is 11.3 Å². The first-order chi connectivity index (χ1) is 8.29. The monoisotopic (exact) mass is 228 g/mol. The smallest absolute Gasteiger partial charge is 0.148 e. The van der Waals surface area contributed by atoms with Crippen LogP contribution in [-0.2, 0) is 0 Å². The number of aromatic nitrogens is 3. The summed E-state index contributed by atoms with van der Waals surface area (Å²) in [5, 5.41) is 11.5. The van der Waals surface area contributed by atoms with E-state index in [4.69, 9.17) is 0 Å². The van der Waals surface area contributed by atoms with Gasteiger partial charge in [0.05, 0.1) is 5.69 Å². The van der Waals surface area contributed by atoms with Crippen LogP contribution in [0.5, 0.6) is 0 Å². The third kappa shape index (κ3) is 3.00. The molecule has 0 saturated carbocycles. The van der Waals surface area contributed by atoms with Gasteiger partial charge in [-0.25, -0.2) is 0 Å². The summed E-state index contributed by atoms with van der Waals surface area (Å²) in [7, 11) is 0. The van der Waals surface area contributed by atoms with E-state index in [9.17, 15) is 0 Å². The molecule has 0 saturated heterocycles. The number of hydrogen-bond donors (Lipinski definition) is 1. The zero-order valence-corrected chi connectivity index (χ0v) is 10.1. The topological polar surface area (TPSA) is 50.7 Å². The molecule has 4 heteroatoms. The standard InChI is InChI=1S/C13H16N4/c1-3-7-15-13-5-4-12(16-17-13)11-6-8-14-10(2)9-11/h4-6,8-9H,3,7H2,1-2H3,(H,15,17). The van der Waals surface area contributed by atoms with Gasteiger partial charge >= 0.3 is 0 Å². The van der Waals surface area contributed by atoms with E-state index in [2.05, 4.69) is 27.4 Å². The third-order valence-electron chi connectivity index (χ3n) is 2.41. The predicted octanol–water partition coefficient (Wildman–Crippen LogP) is 2.67. The number of nitrogens with zero attached hydrogens (tertiary/aromatic N) is 3. The van der Waals surface area contributed by atoms with Gasteiger partial charge < -0.3 is 5.32 Å². The third-order valence-corrected chi connectivity index (χ3v) is 2.41. The quantitative estimate of drug-likeness (QED) is 0.874. The van der Waals surface area contributed by atoms with Crippen LogP contribution in [0.3, 0.4) is 0 Å². The van der Waals surface area contributed by atoms with E-state index in [1.54, 1.807) is 6.20 Å². The van der Waals surface area contributed by atoms with Crippen molar-refractivity contribution in [1.29, 1.82) is 0 Å². The van der Waals surface area contributed by atoms with Crippen LogP contribution >= 0.6 is 0 Å². The van der Waals surface area contributed by atoms with Crippen molar-refractivity contribution in [2.75, 3.05) is 11.9 Å². The summed E-state index contributed by atoms with van der Waals surface area (Å²) in [6, 6.07) is 7.87. The molecular weight excluding hydrogens is 212 g/mol. The Labute approximate surface area is 101 Å². The second-order valence-electron chi connectivity index (χ2n) is 3.92. The van der Waals surface area contributed by atoms with Crippen LogP contribution < -0.4 is 5.32 Å². The van der Waals surface area contributed by atoms with Crippen LogP contribution in [0.15, 0.2) is 30.5 Å². The van der Waals surface area contributed by atoms with Gasteiger partial charge in [-0.05, 0) is 37.6 Å². The second kappa shape index (κ2) is 5.39. The van der Waals surface area contributed by atoms with Gasteiger partial charge in [-0.15, -0.1) is 10.2 Å². The summed E-state index contributed by atoms with van der Waals surface area (Å²) in [5.41, 5.74) is 2.90. The highest BCUT2D eigenvalue weighted by molar-refractivity contribution is 5.59. The molecule has 2 aromatic heterocycles. The lowest BCUT2D eigenvalue weighted by molar-refractivity contribution is 0.945. The SMILES string of the molecule is CCCNc1ccc(-c2ccnc(C)c2)nn1. The lowest BCUT2D eigenvalue weighted by atomic mass is 10.1. The van der Waals surface area contributed by atoms with E-state index in [0.29, 0.717) is 0 Å². The van der Waals surface area contributed by atoms with Crippen molar-refractivity contribution >= 4 is 5.82 Å². The molecule has 4 nitrogen and oxygen atoms in total. The lowest BCUT2D eigenvalue weighted by Crippen LogP contribution is -2.02. The van der Waals surface area contributed by atoms with Gasteiger partial charge in [-0.2, -0.15) is 0 Å².